The van der Waals surface area contributed by atoms with Crippen LogP contribution in [0.3, 0.4) is 0 Å². The number of thioether (sulfide) groups is 1. The minimum Gasteiger partial charge on any atom is -0.467 e. The first kappa shape index (κ1) is 18.8. The van der Waals surface area contributed by atoms with Crippen molar-refractivity contribution in [3.8, 4) is 6.07 Å². The fourth-order valence-electron chi connectivity index (χ4n) is 3.14. The van der Waals surface area contributed by atoms with Gasteiger partial charge in [0.1, 0.15) is 5.76 Å². The normalized spacial score (nSPS) is 12.9. The Hall–Kier alpha value is -3.50. The third-order valence-electron chi connectivity index (χ3n) is 4.63. The lowest BCUT2D eigenvalue weighted by Crippen LogP contribution is -2.35. The summed E-state index contributed by atoms with van der Waals surface area (Å²) in [6.07, 6.45) is 1.56. The molecule has 144 valence electrons. The second kappa shape index (κ2) is 8.25. The molecule has 1 aliphatic heterocycles. The summed E-state index contributed by atoms with van der Waals surface area (Å²) in [5.41, 5.74) is 2.45. The highest BCUT2D eigenvalue weighted by atomic mass is 32.2. The molecule has 1 aliphatic rings. The molecule has 0 unspecified atom stereocenters. The number of furan rings is 1. The van der Waals surface area contributed by atoms with E-state index in [1.54, 1.807) is 47.6 Å². The lowest BCUT2D eigenvalue weighted by Gasteiger charge is -2.29. The third-order valence-corrected chi connectivity index (χ3v) is 5.68. The highest BCUT2D eigenvalue weighted by Gasteiger charge is 2.26. The number of amides is 2. The Bertz CT molecular complexity index is 1100. The zero-order valence-corrected chi connectivity index (χ0v) is 16.2. The van der Waals surface area contributed by atoms with Gasteiger partial charge in [0, 0.05) is 10.5 Å². The maximum absolute atomic E-state index is 12.6. The van der Waals surface area contributed by atoms with E-state index in [9.17, 15) is 14.9 Å². The average Bonchev–Trinajstić information content (AvgIpc) is 3.27. The van der Waals surface area contributed by atoms with Gasteiger partial charge in [-0.3, -0.25) is 9.59 Å². The Kier molecular flexibility index (Phi) is 5.36. The number of hydrogen-bond acceptors (Lipinski definition) is 5. The van der Waals surface area contributed by atoms with Crippen molar-refractivity contribution >= 4 is 29.3 Å². The Morgan fingerprint density at radius 2 is 2.07 bits per heavy atom. The molecule has 6 nitrogen and oxygen atoms in total. The minimum absolute atomic E-state index is 0.0524. The fraction of sp³-hybridized carbons (Fsp3) is 0.136. The van der Waals surface area contributed by atoms with Gasteiger partial charge < -0.3 is 14.6 Å². The van der Waals surface area contributed by atoms with E-state index in [1.807, 2.05) is 18.2 Å². The molecule has 4 rings (SSSR count). The summed E-state index contributed by atoms with van der Waals surface area (Å²) in [6.45, 7) is 0.573. The van der Waals surface area contributed by atoms with E-state index in [4.69, 9.17) is 4.42 Å². The molecule has 0 radical (unpaired) electrons. The number of nitriles is 1. The van der Waals surface area contributed by atoms with Crippen molar-refractivity contribution in [2.75, 3.05) is 10.7 Å². The van der Waals surface area contributed by atoms with Crippen molar-refractivity contribution in [1.29, 1.82) is 5.26 Å². The number of fused-ring (bicyclic) bond motifs is 1. The Morgan fingerprint density at radius 1 is 1.21 bits per heavy atom. The predicted octanol–water partition coefficient (Wildman–Crippen LogP) is 3.72. The van der Waals surface area contributed by atoms with E-state index in [0.29, 0.717) is 28.3 Å². The summed E-state index contributed by atoms with van der Waals surface area (Å²) in [4.78, 5) is 27.8. The van der Waals surface area contributed by atoms with E-state index < -0.39 is 0 Å². The molecule has 0 spiro atoms. The zero-order valence-electron chi connectivity index (χ0n) is 15.4. The second-order valence-electron chi connectivity index (χ2n) is 6.48. The van der Waals surface area contributed by atoms with Crippen LogP contribution < -0.4 is 10.2 Å². The first-order chi connectivity index (χ1) is 14.2. The van der Waals surface area contributed by atoms with Crippen molar-refractivity contribution in [2.45, 2.75) is 18.0 Å². The summed E-state index contributed by atoms with van der Waals surface area (Å²) in [5, 5.41) is 12.2. The molecule has 29 heavy (non-hydrogen) atoms. The average molecular weight is 403 g/mol. The number of carbonyl (C=O) groups is 2. The summed E-state index contributed by atoms with van der Waals surface area (Å²) < 4.78 is 5.23. The number of anilines is 1. The topological polar surface area (TPSA) is 86.3 Å². The Morgan fingerprint density at radius 3 is 2.86 bits per heavy atom. The van der Waals surface area contributed by atoms with Crippen LogP contribution in [0.2, 0.25) is 0 Å². The predicted molar refractivity (Wildman–Crippen MR) is 109 cm³/mol. The first-order valence-corrected chi connectivity index (χ1v) is 10.00. The molecular formula is C22H17N3O3S. The molecule has 2 heterocycles. The van der Waals surface area contributed by atoms with Gasteiger partial charge in [0.2, 0.25) is 5.91 Å². The van der Waals surface area contributed by atoms with Crippen molar-refractivity contribution in [1.82, 2.24) is 5.32 Å². The molecule has 1 N–H and O–H groups in total. The lowest BCUT2D eigenvalue weighted by atomic mass is 10.1. The molecule has 2 aromatic carbocycles. The largest absolute Gasteiger partial charge is 0.467 e. The van der Waals surface area contributed by atoms with Gasteiger partial charge in [0.05, 0.1) is 42.4 Å². The zero-order chi connectivity index (χ0) is 20.2. The van der Waals surface area contributed by atoms with E-state index in [1.165, 1.54) is 11.8 Å². The number of hydrogen-bond donors (Lipinski definition) is 1. The Balaban J connectivity index is 1.60. The summed E-state index contributed by atoms with van der Waals surface area (Å²) in [6, 6.07) is 18.3. The van der Waals surface area contributed by atoms with Crippen molar-refractivity contribution in [2.24, 2.45) is 0 Å². The van der Waals surface area contributed by atoms with Crippen molar-refractivity contribution < 1.29 is 14.0 Å². The number of benzene rings is 2. The van der Waals surface area contributed by atoms with Crippen molar-refractivity contribution in [3.05, 3.63) is 83.3 Å². The molecule has 2 amide bonds. The first-order valence-electron chi connectivity index (χ1n) is 9.01. The van der Waals surface area contributed by atoms with Crippen LogP contribution in [0, 0.1) is 11.3 Å². The molecular weight excluding hydrogens is 386 g/mol. The van der Waals surface area contributed by atoms with Crippen LogP contribution in [-0.4, -0.2) is 17.6 Å². The molecule has 0 atom stereocenters. The van der Waals surface area contributed by atoms with Gasteiger partial charge in [-0.1, -0.05) is 18.2 Å². The lowest BCUT2D eigenvalue weighted by molar-refractivity contribution is -0.116. The van der Waals surface area contributed by atoms with Crippen LogP contribution in [0.15, 0.2) is 70.2 Å². The molecule has 0 bridgehead atoms. The summed E-state index contributed by atoms with van der Waals surface area (Å²) >= 11 is 1.45. The highest BCUT2D eigenvalue weighted by Crippen LogP contribution is 2.37. The Labute approximate surface area is 172 Å². The van der Waals surface area contributed by atoms with Gasteiger partial charge >= 0.3 is 0 Å². The van der Waals surface area contributed by atoms with Crippen LogP contribution in [0.4, 0.5) is 5.69 Å². The third kappa shape index (κ3) is 4.03. The van der Waals surface area contributed by atoms with Crippen molar-refractivity contribution in [3.63, 3.8) is 0 Å². The van der Waals surface area contributed by atoms with E-state index in [-0.39, 0.29) is 24.9 Å². The molecule has 3 aromatic rings. The summed E-state index contributed by atoms with van der Waals surface area (Å²) in [7, 11) is 0. The highest BCUT2D eigenvalue weighted by molar-refractivity contribution is 8.00. The monoisotopic (exact) mass is 403 g/mol. The molecule has 0 saturated carbocycles. The molecule has 0 fully saturated rings. The molecule has 0 saturated heterocycles. The van der Waals surface area contributed by atoms with Crippen LogP contribution in [0.25, 0.3) is 0 Å². The maximum atomic E-state index is 12.6. The number of carbonyl (C=O) groups excluding carboxylic acids is 2. The van der Waals surface area contributed by atoms with E-state index in [0.717, 1.165) is 10.5 Å². The van der Waals surface area contributed by atoms with Crippen LogP contribution in [0.5, 0.6) is 0 Å². The van der Waals surface area contributed by atoms with Gasteiger partial charge in [-0.05, 0) is 42.0 Å². The number of rotatable bonds is 5. The SMILES string of the molecule is N#Cc1ccccc1CN1C(=O)CSc2ccc(C(=O)NCc3ccco3)cc21. The summed E-state index contributed by atoms with van der Waals surface area (Å²) in [5.74, 6) is 0.691. The number of nitrogens with zero attached hydrogens (tertiary/aromatic N) is 2. The van der Waals surface area contributed by atoms with Gasteiger partial charge in [0.15, 0.2) is 0 Å². The van der Waals surface area contributed by atoms with Gasteiger partial charge in [0.25, 0.3) is 5.91 Å². The number of nitrogens with one attached hydrogen (secondary N) is 1. The maximum Gasteiger partial charge on any atom is 0.251 e. The van der Waals surface area contributed by atoms with Gasteiger partial charge in [-0.25, -0.2) is 0 Å². The standard InChI is InChI=1S/C22H17N3O3S/c23-11-16-4-1-2-5-17(16)13-25-19-10-15(7-8-20(19)29-14-21(25)26)22(27)24-12-18-6-3-9-28-18/h1-10H,12-14H2,(H,24,27). The van der Waals surface area contributed by atoms with Gasteiger partial charge in [-0.2, -0.15) is 5.26 Å². The minimum atomic E-state index is -0.246. The van der Waals surface area contributed by atoms with E-state index >= 15 is 0 Å². The van der Waals surface area contributed by atoms with Gasteiger partial charge in [-0.15, -0.1) is 11.8 Å². The van der Waals surface area contributed by atoms with E-state index in [2.05, 4.69) is 11.4 Å². The quantitative estimate of drug-likeness (QED) is 0.702. The van der Waals surface area contributed by atoms with Crippen LogP contribution >= 0.6 is 11.8 Å². The second-order valence-corrected chi connectivity index (χ2v) is 7.50. The molecule has 0 aliphatic carbocycles. The van der Waals surface area contributed by atoms with Crippen LogP contribution in [0.1, 0.15) is 27.2 Å². The molecule has 1 aromatic heterocycles. The fourth-order valence-corrected chi connectivity index (χ4v) is 4.05. The van der Waals surface area contributed by atoms with Crippen LogP contribution in [-0.2, 0) is 17.9 Å². The smallest absolute Gasteiger partial charge is 0.251 e. The molecule has 7 heteroatoms.